The number of aromatic nitrogens is 1. The summed E-state index contributed by atoms with van der Waals surface area (Å²) in [6.07, 6.45) is 2.92. The monoisotopic (exact) mass is 355 g/mol. The summed E-state index contributed by atoms with van der Waals surface area (Å²) in [6, 6.07) is 2.56. The highest BCUT2D eigenvalue weighted by atomic mass is 32.2. The van der Waals surface area contributed by atoms with Crippen LogP contribution in [0.25, 0.3) is 0 Å². The fourth-order valence-electron chi connectivity index (χ4n) is 2.65. The van der Waals surface area contributed by atoms with E-state index in [9.17, 15) is 18.0 Å². The first kappa shape index (κ1) is 18.3. The van der Waals surface area contributed by atoms with E-state index in [1.807, 2.05) is 0 Å². The van der Waals surface area contributed by atoms with E-state index in [4.69, 9.17) is 5.11 Å². The third kappa shape index (κ3) is 4.75. The minimum atomic E-state index is -3.26. The van der Waals surface area contributed by atoms with Gasteiger partial charge in [0.05, 0.1) is 5.75 Å². The number of nitrogens with one attached hydrogen (secondary N) is 1. The van der Waals surface area contributed by atoms with Crippen molar-refractivity contribution in [3.63, 3.8) is 0 Å². The van der Waals surface area contributed by atoms with Gasteiger partial charge in [-0.25, -0.2) is 22.9 Å². The third-order valence-corrected chi connectivity index (χ3v) is 5.47. The van der Waals surface area contributed by atoms with Crippen LogP contribution in [0, 0.1) is 0 Å². The number of carboxylic acids is 1. The number of sulfonamides is 1. The van der Waals surface area contributed by atoms with Gasteiger partial charge in [-0.3, -0.25) is 4.79 Å². The predicted octanol–water partition coefficient (Wildman–Crippen LogP) is 0.714. The molecule has 1 fully saturated rings. The first-order valence-corrected chi connectivity index (χ1v) is 9.46. The predicted molar refractivity (Wildman–Crippen MR) is 87.3 cm³/mol. The van der Waals surface area contributed by atoms with Crippen LogP contribution >= 0.6 is 0 Å². The summed E-state index contributed by atoms with van der Waals surface area (Å²) in [7, 11) is -3.26. The summed E-state index contributed by atoms with van der Waals surface area (Å²) < 4.78 is 26.2. The topological polar surface area (TPSA) is 117 Å². The highest BCUT2D eigenvalue weighted by Crippen LogP contribution is 2.15. The summed E-state index contributed by atoms with van der Waals surface area (Å²) in [6.45, 7) is 2.65. The largest absolute Gasteiger partial charge is 0.477 e. The number of amides is 1. The van der Waals surface area contributed by atoms with Crippen molar-refractivity contribution in [3.8, 4) is 0 Å². The molecular formula is C15H21N3O5S. The van der Waals surface area contributed by atoms with E-state index in [-0.39, 0.29) is 29.0 Å². The van der Waals surface area contributed by atoms with Crippen LogP contribution in [0.3, 0.4) is 0 Å². The first-order valence-electron chi connectivity index (χ1n) is 7.81. The van der Waals surface area contributed by atoms with E-state index in [0.717, 1.165) is 0 Å². The summed E-state index contributed by atoms with van der Waals surface area (Å²) in [5, 5.41) is 8.94. The Morgan fingerprint density at radius 1 is 1.38 bits per heavy atom. The van der Waals surface area contributed by atoms with Crippen molar-refractivity contribution in [2.75, 3.05) is 18.8 Å². The van der Waals surface area contributed by atoms with Gasteiger partial charge in [0.15, 0.2) is 0 Å². The Bertz CT molecular complexity index is 712. The number of rotatable bonds is 6. The highest BCUT2D eigenvalue weighted by Gasteiger charge is 2.26. The molecule has 0 unspecified atom stereocenters. The molecule has 0 radical (unpaired) electrons. The molecule has 1 aliphatic rings. The second-order valence-corrected chi connectivity index (χ2v) is 7.61. The van der Waals surface area contributed by atoms with E-state index in [1.165, 1.54) is 18.3 Å². The lowest BCUT2D eigenvalue weighted by molar-refractivity contribution is 0.0690. The normalized spacial score (nSPS) is 16.1. The average Bonchev–Trinajstić information content (AvgIpc) is 2.54. The molecule has 0 bridgehead atoms. The van der Waals surface area contributed by atoms with Crippen molar-refractivity contribution in [3.05, 3.63) is 29.6 Å². The number of hydrogen-bond acceptors (Lipinski definition) is 5. The standard InChI is InChI=1S/C15H21N3O5S/c1-2-9-24(22,23)17-12-4-7-18(8-5-12)14(19)11-3-6-16-13(10-11)15(20)21/h3,6,10,12,17H,2,4-5,7-9H2,1H3,(H,20,21). The van der Waals surface area contributed by atoms with Gasteiger partial charge in [0, 0.05) is 30.9 Å². The molecule has 132 valence electrons. The van der Waals surface area contributed by atoms with Gasteiger partial charge < -0.3 is 10.0 Å². The Labute approximate surface area is 140 Å². The van der Waals surface area contributed by atoms with Crippen molar-refractivity contribution in [2.45, 2.75) is 32.2 Å². The number of hydrogen-bond donors (Lipinski definition) is 2. The highest BCUT2D eigenvalue weighted by molar-refractivity contribution is 7.89. The first-order chi connectivity index (χ1) is 11.3. The maximum atomic E-state index is 12.4. The Balaban J connectivity index is 1.96. The summed E-state index contributed by atoms with van der Waals surface area (Å²) >= 11 is 0. The second-order valence-electron chi connectivity index (χ2n) is 5.74. The maximum Gasteiger partial charge on any atom is 0.354 e. The molecule has 2 rings (SSSR count). The van der Waals surface area contributed by atoms with Crippen molar-refractivity contribution < 1.29 is 23.1 Å². The molecule has 0 aliphatic carbocycles. The summed E-state index contributed by atoms with van der Waals surface area (Å²) in [4.78, 5) is 28.7. The average molecular weight is 355 g/mol. The number of likely N-dealkylation sites (tertiary alicyclic amines) is 1. The van der Waals surface area contributed by atoms with E-state index in [0.29, 0.717) is 32.4 Å². The molecule has 0 saturated carbocycles. The third-order valence-electron chi connectivity index (χ3n) is 3.83. The van der Waals surface area contributed by atoms with E-state index >= 15 is 0 Å². The van der Waals surface area contributed by atoms with Crippen LogP contribution in [0.2, 0.25) is 0 Å². The van der Waals surface area contributed by atoms with E-state index in [1.54, 1.807) is 11.8 Å². The van der Waals surface area contributed by atoms with Crippen molar-refractivity contribution >= 4 is 21.9 Å². The number of carbonyl (C=O) groups excluding carboxylic acids is 1. The molecule has 0 aromatic carbocycles. The summed E-state index contributed by atoms with van der Waals surface area (Å²) in [5.41, 5.74) is 0.0930. The summed E-state index contributed by atoms with van der Waals surface area (Å²) in [5.74, 6) is -1.36. The zero-order chi connectivity index (χ0) is 17.7. The number of aromatic carboxylic acids is 1. The number of piperidine rings is 1. The molecule has 9 heteroatoms. The Morgan fingerprint density at radius 3 is 2.62 bits per heavy atom. The van der Waals surface area contributed by atoms with E-state index in [2.05, 4.69) is 9.71 Å². The lowest BCUT2D eigenvalue weighted by atomic mass is 10.0. The molecule has 0 spiro atoms. The van der Waals surface area contributed by atoms with Gasteiger partial charge in [-0.1, -0.05) is 6.92 Å². The molecule has 1 amide bonds. The van der Waals surface area contributed by atoms with Crippen molar-refractivity contribution in [1.29, 1.82) is 0 Å². The number of carboxylic acid groups (broad SMARTS) is 1. The molecule has 1 aliphatic heterocycles. The minimum Gasteiger partial charge on any atom is -0.477 e. The molecular weight excluding hydrogens is 334 g/mol. The Kier molecular flexibility index (Phi) is 5.89. The van der Waals surface area contributed by atoms with Crippen LogP contribution in [-0.2, 0) is 10.0 Å². The molecule has 1 saturated heterocycles. The molecule has 0 atom stereocenters. The molecule has 8 nitrogen and oxygen atoms in total. The number of pyridine rings is 1. The van der Waals surface area contributed by atoms with Crippen LogP contribution in [0.4, 0.5) is 0 Å². The zero-order valence-electron chi connectivity index (χ0n) is 13.4. The van der Waals surface area contributed by atoms with Gasteiger partial charge >= 0.3 is 5.97 Å². The van der Waals surface area contributed by atoms with E-state index < -0.39 is 16.0 Å². The minimum absolute atomic E-state index is 0.0983. The van der Waals surface area contributed by atoms with Crippen LogP contribution in [0.15, 0.2) is 18.3 Å². The van der Waals surface area contributed by atoms with Gasteiger partial charge in [-0.05, 0) is 31.4 Å². The fraction of sp³-hybridized carbons (Fsp3) is 0.533. The van der Waals surface area contributed by atoms with Gasteiger partial charge in [0.25, 0.3) is 5.91 Å². The molecule has 2 heterocycles. The second kappa shape index (κ2) is 7.71. The SMILES string of the molecule is CCCS(=O)(=O)NC1CCN(C(=O)c2ccnc(C(=O)O)c2)CC1. The maximum absolute atomic E-state index is 12.4. The van der Waals surface area contributed by atoms with Gasteiger partial charge in [0.2, 0.25) is 10.0 Å². The van der Waals surface area contributed by atoms with Crippen molar-refractivity contribution in [1.82, 2.24) is 14.6 Å². The smallest absolute Gasteiger partial charge is 0.354 e. The van der Waals surface area contributed by atoms with Crippen molar-refractivity contribution in [2.24, 2.45) is 0 Å². The van der Waals surface area contributed by atoms with Crippen LogP contribution in [-0.4, -0.2) is 60.2 Å². The Morgan fingerprint density at radius 2 is 2.04 bits per heavy atom. The molecule has 1 aromatic heterocycles. The molecule has 1 aromatic rings. The van der Waals surface area contributed by atoms with Gasteiger partial charge in [-0.15, -0.1) is 0 Å². The van der Waals surface area contributed by atoms with Gasteiger partial charge in [0.1, 0.15) is 5.69 Å². The van der Waals surface area contributed by atoms with Gasteiger partial charge in [-0.2, -0.15) is 0 Å². The zero-order valence-corrected chi connectivity index (χ0v) is 14.3. The number of carbonyl (C=O) groups is 2. The molecule has 2 N–H and O–H groups in total. The number of nitrogens with zero attached hydrogens (tertiary/aromatic N) is 2. The van der Waals surface area contributed by atoms with Crippen LogP contribution < -0.4 is 4.72 Å². The quantitative estimate of drug-likeness (QED) is 0.776. The lowest BCUT2D eigenvalue weighted by Crippen LogP contribution is -2.47. The van der Waals surface area contributed by atoms with Crippen LogP contribution in [0.5, 0.6) is 0 Å². The Hall–Kier alpha value is -2.00. The fourth-order valence-corrected chi connectivity index (χ4v) is 4.04. The molecule has 24 heavy (non-hydrogen) atoms. The lowest BCUT2D eigenvalue weighted by Gasteiger charge is -2.32. The van der Waals surface area contributed by atoms with Crippen LogP contribution in [0.1, 0.15) is 47.0 Å².